The number of hydrazine groups is 1. The van der Waals surface area contributed by atoms with Crippen molar-refractivity contribution < 1.29 is 18.8 Å². The first kappa shape index (κ1) is 16.2. The van der Waals surface area contributed by atoms with Crippen LogP contribution in [0.5, 0.6) is 0 Å². The lowest BCUT2D eigenvalue weighted by Gasteiger charge is -2.10. The minimum absolute atomic E-state index is 0.180. The number of benzene rings is 1. The van der Waals surface area contributed by atoms with E-state index >= 15 is 0 Å². The third-order valence-electron chi connectivity index (χ3n) is 3.31. The molecule has 9 heteroatoms. The summed E-state index contributed by atoms with van der Waals surface area (Å²) in [4.78, 5) is 31.6. The van der Waals surface area contributed by atoms with Crippen molar-refractivity contribution in [1.82, 2.24) is 15.8 Å². The fourth-order valence-electron chi connectivity index (χ4n) is 2.12. The topological polar surface area (TPSA) is 95.6 Å². The number of nitrogens with one attached hydrogen (secondary N) is 3. The Balaban J connectivity index is 1.53. The first-order valence-electron chi connectivity index (χ1n) is 6.95. The Kier molecular flexibility index (Phi) is 4.61. The van der Waals surface area contributed by atoms with Gasteiger partial charge in [0.25, 0.3) is 11.8 Å². The van der Waals surface area contributed by atoms with Gasteiger partial charge in [0, 0.05) is 22.7 Å². The molecule has 2 amide bonds. The molecule has 1 aliphatic rings. The fraction of sp³-hybridized carbons (Fsp3) is 0.133. The summed E-state index contributed by atoms with van der Waals surface area (Å²) in [6.45, 7) is 0. The van der Waals surface area contributed by atoms with Gasteiger partial charge in [-0.05, 0) is 34.1 Å². The van der Waals surface area contributed by atoms with Gasteiger partial charge in [0.05, 0.1) is 5.71 Å². The number of carbonyl (C=O) groups is 2. The van der Waals surface area contributed by atoms with Crippen molar-refractivity contribution in [3.63, 3.8) is 0 Å². The van der Waals surface area contributed by atoms with Crippen LogP contribution in [0.15, 0.2) is 46.2 Å². The van der Waals surface area contributed by atoms with Crippen LogP contribution in [0.1, 0.15) is 22.5 Å². The van der Waals surface area contributed by atoms with Crippen molar-refractivity contribution in [2.75, 3.05) is 0 Å². The van der Waals surface area contributed by atoms with Crippen molar-refractivity contribution in [3.05, 3.63) is 58.1 Å². The number of carbonyl (C=O) groups excluding carboxylic acids is 2. The van der Waals surface area contributed by atoms with Crippen LogP contribution in [0.3, 0.4) is 0 Å². The molecule has 1 aromatic carbocycles. The fourth-order valence-corrected chi connectivity index (χ4v) is 2.47. The molecule has 2 aromatic rings. The van der Waals surface area contributed by atoms with Crippen LogP contribution in [-0.4, -0.2) is 28.6 Å². The van der Waals surface area contributed by atoms with E-state index in [0.29, 0.717) is 15.7 Å². The quantitative estimate of drug-likeness (QED) is 0.693. The monoisotopic (exact) mass is 394 g/mol. The first-order valence-corrected chi connectivity index (χ1v) is 7.75. The molecule has 3 N–H and O–H groups in total. The maximum Gasteiger partial charge on any atom is 0.286 e. The van der Waals surface area contributed by atoms with Crippen LogP contribution < -0.4 is 10.9 Å². The van der Waals surface area contributed by atoms with Crippen LogP contribution in [0.25, 0.3) is 0 Å². The van der Waals surface area contributed by atoms with Gasteiger partial charge in [-0.15, -0.1) is 0 Å². The number of oxime groups is 1. The highest BCUT2D eigenvalue weighted by atomic mass is 79.9. The normalized spacial score (nSPS) is 16.2. The number of amides is 2. The zero-order valence-electron chi connectivity index (χ0n) is 12.2. The second kappa shape index (κ2) is 6.83. The molecule has 1 aromatic heterocycles. The van der Waals surface area contributed by atoms with Gasteiger partial charge in [-0.25, -0.2) is 4.39 Å². The maximum absolute atomic E-state index is 13.2. The van der Waals surface area contributed by atoms with E-state index in [1.54, 1.807) is 24.4 Å². The number of hydrogen-bond donors (Lipinski definition) is 3. The predicted octanol–water partition coefficient (Wildman–Crippen LogP) is 1.87. The van der Waals surface area contributed by atoms with Crippen molar-refractivity contribution in [2.45, 2.75) is 12.5 Å². The van der Waals surface area contributed by atoms with E-state index < -0.39 is 23.7 Å². The maximum atomic E-state index is 13.2. The summed E-state index contributed by atoms with van der Waals surface area (Å²) in [6.07, 6.45) is 0.883. The number of aromatic nitrogens is 1. The van der Waals surface area contributed by atoms with E-state index in [2.05, 4.69) is 36.9 Å². The highest BCUT2D eigenvalue weighted by Gasteiger charge is 2.29. The summed E-state index contributed by atoms with van der Waals surface area (Å²) in [6, 6.07) is 7.43. The first-order chi connectivity index (χ1) is 11.5. The Morgan fingerprint density at radius 2 is 2.17 bits per heavy atom. The number of aromatic amines is 1. The molecule has 0 bridgehead atoms. The third-order valence-corrected chi connectivity index (χ3v) is 3.77. The van der Waals surface area contributed by atoms with Gasteiger partial charge in [-0.2, -0.15) is 0 Å². The number of nitrogens with zero attached hydrogens (tertiary/aromatic N) is 1. The largest absolute Gasteiger partial charge is 0.382 e. The molecule has 0 saturated heterocycles. The molecule has 0 saturated carbocycles. The molecule has 0 radical (unpaired) electrons. The Bertz CT molecular complexity index is 821. The molecule has 0 unspecified atom stereocenters. The smallest absolute Gasteiger partial charge is 0.286 e. The van der Waals surface area contributed by atoms with Gasteiger partial charge in [0.2, 0.25) is 6.10 Å². The second-order valence-electron chi connectivity index (χ2n) is 5.02. The summed E-state index contributed by atoms with van der Waals surface area (Å²) in [5.74, 6) is -1.45. The lowest BCUT2D eigenvalue weighted by Crippen LogP contribution is -2.46. The predicted molar refractivity (Wildman–Crippen MR) is 86.5 cm³/mol. The molecular weight excluding hydrogens is 383 g/mol. The molecule has 2 heterocycles. The zero-order valence-corrected chi connectivity index (χ0v) is 13.8. The number of H-pyrrole nitrogens is 1. The van der Waals surface area contributed by atoms with Crippen LogP contribution in [0.4, 0.5) is 4.39 Å². The highest BCUT2D eigenvalue weighted by Crippen LogP contribution is 2.17. The van der Waals surface area contributed by atoms with E-state index in [1.807, 2.05) is 0 Å². The molecule has 7 nitrogen and oxygen atoms in total. The molecule has 1 aliphatic heterocycles. The zero-order chi connectivity index (χ0) is 17.1. The summed E-state index contributed by atoms with van der Waals surface area (Å²) in [5, 5.41) is 3.80. The van der Waals surface area contributed by atoms with Crippen molar-refractivity contribution >= 4 is 33.5 Å². The average molecular weight is 395 g/mol. The Labute approximate surface area is 144 Å². The molecule has 0 spiro atoms. The van der Waals surface area contributed by atoms with Crippen molar-refractivity contribution in [1.29, 1.82) is 0 Å². The van der Waals surface area contributed by atoms with Gasteiger partial charge in [-0.1, -0.05) is 17.3 Å². The average Bonchev–Trinajstić information content (AvgIpc) is 3.21. The van der Waals surface area contributed by atoms with Gasteiger partial charge in [-0.3, -0.25) is 20.4 Å². The molecular formula is C15H12BrFN4O3. The molecule has 1 atom stereocenters. The van der Waals surface area contributed by atoms with E-state index in [4.69, 9.17) is 4.84 Å². The number of halogens is 2. The van der Waals surface area contributed by atoms with Crippen LogP contribution in [0.2, 0.25) is 0 Å². The second-order valence-corrected chi connectivity index (χ2v) is 5.94. The minimum atomic E-state index is -0.890. The van der Waals surface area contributed by atoms with Crippen LogP contribution in [0, 0.1) is 5.82 Å². The highest BCUT2D eigenvalue weighted by molar-refractivity contribution is 9.10. The van der Waals surface area contributed by atoms with Gasteiger partial charge in [0.1, 0.15) is 11.5 Å². The van der Waals surface area contributed by atoms with Gasteiger partial charge >= 0.3 is 0 Å². The Morgan fingerprint density at radius 1 is 1.33 bits per heavy atom. The summed E-state index contributed by atoms with van der Waals surface area (Å²) in [7, 11) is 0. The van der Waals surface area contributed by atoms with E-state index in [1.165, 1.54) is 12.1 Å². The van der Waals surface area contributed by atoms with E-state index in [9.17, 15) is 14.0 Å². The minimum Gasteiger partial charge on any atom is -0.382 e. The Morgan fingerprint density at radius 3 is 2.88 bits per heavy atom. The SMILES string of the molecule is O=C(NNC(=O)[C@@H]1CC(c2cccc(F)c2)=NO1)c1cc(Br)c[nH]1. The summed E-state index contributed by atoms with van der Waals surface area (Å²) < 4.78 is 13.9. The molecule has 24 heavy (non-hydrogen) atoms. The van der Waals surface area contributed by atoms with Crippen LogP contribution in [-0.2, 0) is 9.63 Å². The van der Waals surface area contributed by atoms with Crippen LogP contribution >= 0.6 is 15.9 Å². The van der Waals surface area contributed by atoms with Gasteiger partial charge < -0.3 is 9.82 Å². The molecule has 124 valence electrons. The lowest BCUT2D eigenvalue weighted by molar-refractivity contribution is -0.131. The third kappa shape index (κ3) is 3.62. The van der Waals surface area contributed by atoms with Gasteiger partial charge in [0.15, 0.2) is 0 Å². The van der Waals surface area contributed by atoms with E-state index in [-0.39, 0.29) is 12.1 Å². The van der Waals surface area contributed by atoms with Crippen molar-refractivity contribution in [2.24, 2.45) is 5.16 Å². The number of rotatable bonds is 3. The lowest BCUT2D eigenvalue weighted by atomic mass is 10.0. The van der Waals surface area contributed by atoms with E-state index in [0.717, 1.165) is 0 Å². The summed E-state index contributed by atoms with van der Waals surface area (Å²) >= 11 is 3.21. The molecule has 3 rings (SSSR count). The van der Waals surface area contributed by atoms with Crippen molar-refractivity contribution in [3.8, 4) is 0 Å². The molecule has 0 fully saturated rings. The summed E-state index contributed by atoms with van der Waals surface area (Å²) in [5.41, 5.74) is 5.84. The number of hydrogen-bond acceptors (Lipinski definition) is 4. The Hall–Kier alpha value is -2.68. The standard InChI is InChI=1S/C15H12BrFN4O3/c16-9-5-12(18-7-9)14(22)19-20-15(23)13-6-11(21-24-13)8-2-1-3-10(17)4-8/h1-5,7,13,18H,6H2,(H,19,22)(H,20,23)/t13-/m0/s1. The molecule has 0 aliphatic carbocycles.